The van der Waals surface area contributed by atoms with Crippen LogP contribution in [-0.4, -0.2) is 35.3 Å². The van der Waals surface area contributed by atoms with Crippen molar-refractivity contribution in [3.8, 4) is 0 Å². The summed E-state index contributed by atoms with van der Waals surface area (Å²) >= 11 is 0. The van der Waals surface area contributed by atoms with E-state index in [2.05, 4.69) is 12.2 Å². The summed E-state index contributed by atoms with van der Waals surface area (Å²) in [6, 6.07) is 8.20. The van der Waals surface area contributed by atoms with Crippen molar-refractivity contribution >= 4 is 10.8 Å². The quantitative estimate of drug-likeness (QED) is 0.905. The summed E-state index contributed by atoms with van der Waals surface area (Å²) in [5, 5.41) is 3.49. The Kier molecular flexibility index (Phi) is 4.92. The molecular weight excluding hydrogens is 246 g/mol. The highest BCUT2D eigenvalue weighted by Crippen LogP contribution is 2.21. The predicted octanol–water partition coefficient (Wildman–Crippen LogP) is 1.87. The highest BCUT2D eigenvalue weighted by molar-refractivity contribution is 7.85. The second-order valence-electron chi connectivity index (χ2n) is 4.63. The molecule has 1 aromatic carbocycles. The van der Waals surface area contributed by atoms with Gasteiger partial charge in [0, 0.05) is 17.5 Å². The van der Waals surface area contributed by atoms with Crippen LogP contribution in [0.1, 0.15) is 18.9 Å². The number of hydrogen-bond acceptors (Lipinski definition) is 3. The number of benzene rings is 1. The fourth-order valence-corrected chi connectivity index (χ4v) is 4.04. The highest BCUT2D eigenvalue weighted by atomic mass is 32.2. The summed E-state index contributed by atoms with van der Waals surface area (Å²) in [7, 11) is -1.00. The second-order valence-corrected chi connectivity index (χ2v) is 6.27. The third-order valence-electron chi connectivity index (χ3n) is 3.36. The van der Waals surface area contributed by atoms with Crippen LogP contribution in [0.25, 0.3) is 0 Å². The Balaban J connectivity index is 2.18. The lowest BCUT2D eigenvalue weighted by Crippen LogP contribution is -2.48. The Morgan fingerprint density at radius 2 is 2.22 bits per heavy atom. The summed E-state index contributed by atoms with van der Waals surface area (Å²) in [6.07, 6.45) is 0.941. The molecule has 18 heavy (non-hydrogen) atoms. The van der Waals surface area contributed by atoms with Crippen molar-refractivity contribution in [2.75, 3.05) is 19.8 Å². The molecule has 3 unspecified atom stereocenters. The minimum absolute atomic E-state index is 0.0554. The number of ether oxygens (including phenoxy) is 1. The smallest absolute Gasteiger partial charge is 0.0782 e. The van der Waals surface area contributed by atoms with Crippen LogP contribution in [0.3, 0.4) is 0 Å². The molecule has 0 spiro atoms. The van der Waals surface area contributed by atoms with Gasteiger partial charge < -0.3 is 10.1 Å². The molecule has 1 aliphatic rings. The van der Waals surface area contributed by atoms with Crippen molar-refractivity contribution in [2.45, 2.75) is 36.5 Å². The Morgan fingerprint density at radius 1 is 1.44 bits per heavy atom. The zero-order valence-corrected chi connectivity index (χ0v) is 11.8. The van der Waals surface area contributed by atoms with Crippen molar-refractivity contribution < 1.29 is 8.95 Å². The van der Waals surface area contributed by atoms with Crippen LogP contribution < -0.4 is 5.32 Å². The number of nitrogens with one attached hydrogen (secondary N) is 1. The van der Waals surface area contributed by atoms with Gasteiger partial charge in [-0.1, -0.05) is 25.1 Å². The van der Waals surface area contributed by atoms with Crippen LogP contribution in [-0.2, 0) is 15.5 Å². The van der Waals surface area contributed by atoms with Gasteiger partial charge >= 0.3 is 0 Å². The van der Waals surface area contributed by atoms with Gasteiger partial charge in [0.25, 0.3) is 0 Å². The molecule has 1 aliphatic heterocycles. The second kappa shape index (κ2) is 6.45. The summed E-state index contributed by atoms with van der Waals surface area (Å²) in [5.41, 5.74) is 1.09. The predicted molar refractivity (Wildman–Crippen MR) is 74.3 cm³/mol. The number of aryl methyl sites for hydroxylation is 1. The maximum absolute atomic E-state index is 12.7. The lowest BCUT2D eigenvalue weighted by atomic mass is 10.1. The van der Waals surface area contributed by atoms with Gasteiger partial charge in [0.05, 0.1) is 22.7 Å². The minimum atomic E-state index is -1.00. The zero-order valence-electron chi connectivity index (χ0n) is 11.0. The third kappa shape index (κ3) is 2.99. The van der Waals surface area contributed by atoms with Crippen molar-refractivity contribution in [1.29, 1.82) is 0 Å². The molecule has 1 N–H and O–H groups in total. The van der Waals surface area contributed by atoms with Crippen LogP contribution in [0.4, 0.5) is 0 Å². The summed E-state index contributed by atoms with van der Waals surface area (Å²) in [4.78, 5) is 0.941. The van der Waals surface area contributed by atoms with E-state index in [1.807, 2.05) is 31.2 Å². The first-order chi connectivity index (χ1) is 8.74. The van der Waals surface area contributed by atoms with Crippen LogP contribution in [0.5, 0.6) is 0 Å². The van der Waals surface area contributed by atoms with Gasteiger partial charge in [-0.3, -0.25) is 4.21 Å². The Labute approximate surface area is 111 Å². The molecule has 0 aliphatic carbocycles. The van der Waals surface area contributed by atoms with Gasteiger partial charge in [0.15, 0.2) is 0 Å². The van der Waals surface area contributed by atoms with E-state index in [9.17, 15) is 4.21 Å². The normalized spacial score (nSPS) is 25.9. The molecule has 0 aromatic heterocycles. The molecule has 0 radical (unpaired) electrons. The molecule has 3 atom stereocenters. The maximum atomic E-state index is 12.7. The van der Waals surface area contributed by atoms with E-state index in [4.69, 9.17) is 4.74 Å². The van der Waals surface area contributed by atoms with Crippen molar-refractivity contribution in [3.05, 3.63) is 29.8 Å². The van der Waals surface area contributed by atoms with Crippen molar-refractivity contribution in [2.24, 2.45) is 0 Å². The van der Waals surface area contributed by atoms with E-state index < -0.39 is 10.8 Å². The standard InChI is InChI=1S/C14H21NO2S/c1-3-15-12-8-9-17-10-14(12)18(16)13-7-5-4-6-11(13)2/h4-7,12,14-15H,3,8-10H2,1-2H3. The fourth-order valence-electron chi connectivity index (χ4n) is 2.36. The zero-order chi connectivity index (χ0) is 13.0. The molecule has 1 saturated heterocycles. The summed E-state index contributed by atoms with van der Waals surface area (Å²) in [5.74, 6) is 0. The number of hydrogen-bond donors (Lipinski definition) is 1. The van der Waals surface area contributed by atoms with E-state index in [0.29, 0.717) is 12.6 Å². The Hall–Kier alpha value is -0.710. The third-order valence-corrected chi connectivity index (χ3v) is 5.26. The highest BCUT2D eigenvalue weighted by Gasteiger charge is 2.31. The maximum Gasteiger partial charge on any atom is 0.0782 e. The van der Waals surface area contributed by atoms with Crippen LogP contribution in [0.15, 0.2) is 29.2 Å². The topological polar surface area (TPSA) is 38.3 Å². The molecule has 0 bridgehead atoms. The van der Waals surface area contributed by atoms with E-state index in [0.717, 1.165) is 30.0 Å². The summed E-state index contributed by atoms with van der Waals surface area (Å²) in [6.45, 7) is 6.35. The van der Waals surface area contributed by atoms with E-state index in [1.54, 1.807) is 0 Å². The first-order valence-corrected chi connectivity index (χ1v) is 7.72. The molecule has 2 rings (SSSR count). The van der Waals surface area contributed by atoms with Gasteiger partial charge in [-0.05, 0) is 31.5 Å². The largest absolute Gasteiger partial charge is 0.380 e. The fraction of sp³-hybridized carbons (Fsp3) is 0.571. The first-order valence-electron chi connectivity index (χ1n) is 6.51. The Bertz CT molecular complexity index is 420. The van der Waals surface area contributed by atoms with E-state index in [1.165, 1.54) is 0 Å². The minimum Gasteiger partial charge on any atom is -0.380 e. The van der Waals surface area contributed by atoms with Crippen molar-refractivity contribution in [1.82, 2.24) is 5.32 Å². The van der Waals surface area contributed by atoms with Gasteiger partial charge in [-0.2, -0.15) is 0 Å². The molecule has 4 heteroatoms. The SMILES string of the molecule is CCNC1CCOCC1S(=O)c1ccccc1C. The molecule has 1 aromatic rings. The van der Waals surface area contributed by atoms with Crippen LogP contribution in [0, 0.1) is 6.92 Å². The first kappa shape index (κ1) is 13.7. The van der Waals surface area contributed by atoms with Crippen LogP contribution in [0.2, 0.25) is 0 Å². The molecule has 1 heterocycles. The summed E-state index contributed by atoms with van der Waals surface area (Å²) < 4.78 is 18.2. The molecule has 1 fully saturated rings. The average Bonchev–Trinajstić information content (AvgIpc) is 2.40. The van der Waals surface area contributed by atoms with Gasteiger partial charge in [-0.15, -0.1) is 0 Å². The molecular formula is C14H21NO2S. The van der Waals surface area contributed by atoms with Crippen molar-refractivity contribution in [3.63, 3.8) is 0 Å². The molecule has 3 nitrogen and oxygen atoms in total. The lowest BCUT2D eigenvalue weighted by molar-refractivity contribution is 0.0824. The average molecular weight is 267 g/mol. The monoisotopic (exact) mass is 267 g/mol. The number of rotatable bonds is 4. The van der Waals surface area contributed by atoms with Gasteiger partial charge in [-0.25, -0.2) is 0 Å². The Morgan fingerprint density at radius 3 is 2.94 bits per heavy atom. The van der Waals surface area contributed by atoms with Gasteiger partial charge in [0.1, 0.15) is 0 Å². The van der Waals surface area contributed by atoms with Gasteiger partial charge in [0.2, 0.25) is 0 Å². The van der Waals surface area contributed by atoms with E-state index >= 15 is 0 Å². The molecule has 100 valence electrons. The van der Waals surface area contributed by atoms with E-state index in [-0.39, 0.29) is 5.25 Å². The molecule has 0 amide bonds. The van der Waals surface area contributed by atoms with Crippen LogP contribution >= 0.6 is 0 Å². The molecule has 0 saturated carbocycles. The lowest BCUT2D eigenvalue weighted by Gasteiger charge is -2.31.